The summed E-state index contributed by atoms with van der Waals surface area (Å²) in [7, 11) is 1.70. The number of carbonyl (C=O) groups excluding carboxylic acids is 1. The molecule has 1 N–H and O–H groups in total. The summed E-state index contributed by atoms with van der Waals surface area (Å²) >= 11 is 0. The first-order valence-electron chi connectivity index (χ1n) is 5.54. The van der Waals surface area contributed by atoms with E-state index in [4.69, 9.17) is 5.11 Å². The lowest BCUT2D eigenvalue weighted by atomic mass is 10.0. The van der Waals surface area contributed by atoms with Crippen molar-refractivity contribution in [3.63, 3.8) is 0 Å². The minimum Gasteiger partial charge on any atom is -0.481 e. The van der Waals surface area contributed by atoms with Crippen LogP contribution >= 0.6 is 0 Å². The predicted octanol–water partition coefficient (Wildman–Crippen LogP) is 0.966. The molecule has 0 aromatic carbocycles. The summed E-state index contributed by atoms with van der Waals surface area (Å²) in [5, 5.41) is 8.52. The van der Waals surface area contributed by atoms with Gasteiger partial charge in [-0.3, -0.25) is 9.59 Å². The molecule has 2 atom stereocenters. The van der Waals surface area contributed by atoms with Gasteiger partial charge in [0.05, 0.1) is 6.42 Å². The van der Waals surface area contributed by atoms with E-state index >= 15 is 0 Å². The van der Waals surface area contributed by atoms with Crippen LogP contribution in [-0.2, 0) is 9.59 Å². The van der Waals surface area contributed by atoms with Crippen molar-refractivity contribution in [1.82, 2.24) is 4.90 Å². The van der Waals surface area contributed by atoms with Crippen molar-refractivity contribution < 1.29 is 14.7 Å². The molecule has 2 saturated carbocycles. The number of hydrogen-bond acceptors (Lipinski definition) is 2. The molecule has 2 aliphatic carbocycles. The average molecular weight is 211 g/mol. The van der Waals surface area contributed by atoms with Crippen LogP contribution < -0.4 is 0 Å². The molecular formula is C11H17NO3. The third kappa shape index (κ3) is 2.30. The molecule has 0 heterocycles. The number of hydrogen-bond donors (Lipinski definition) is 1. The Kier molecular flexibility index (Phi) is 2.67. The zero-order valence-electron chi connectivity index (χ0n) is 8.98. The van der Waals surface area contributed by atoms with Crippen LogP contribution in [0.5, 0.6) is 0 Å². The fourth-order valence-electron chi connectivity index (χ4n) is 2.60. The number of nitrogens with zero attached hydrogens (tertiary/aromatic N) is 1. The molecule has 15 heavy (non-hydrogen) atoms. The third-order valence-corrected chi connectivity index (χ3v) is 3.63. The van der Waals surface area contributed by atoms with Gasteiger partial charge in [-0.1, -0.05) is 0 Å². The highest BCUT2D eigenvalue weighted by molar-refractivity contribution is 5.79. The Balaban J connectivity index is 1.77. The lowest BCUT2D eigenvalue weighted by molar-refractivity contribution is -0.139. The van der Waals surface area contributed by atoms with E-state index < -0.39 is 5.97 Å². The Morgan fingerprint density at radius 2 is 1.87 bits per heavy atom. The summed E-state index contributed by atoms with van der Waals surface area (Å²) in [4.78, 5) is 23.8. The number of fused-ring (bicyclic) bond motifs is 1. The standard InChI is InChI=1S/C11H17NO3/c1-12(3-2-10(13)14)11(15)9-5-7-4-8(7)6-9/h7-9H,2-6H2,1H3,(H,13,14). The molecule has 2 unspecified atom stereocenters. The van der Waals surface area contributed by atoms with E-state index in [1.165, 1.54) is 6.42 Å². The molecule has 0 aromatic heterocycles. The van der Waals surface area contributed by atoms with Crippen molar-refractivity contribution in [2.24, 2.45) is 17.8 Å². The highest BCUT2D eigenvalue weighted by Crippen LogP contribution is 2.54. The van der Waals surface area contributed by atoms with E-state index in [0.717, 1.165) is 24.7 Å². The van der Waals surface area contributed by atoms with Gasteiger partial charge in [0, 0.05) is 19.5 Å². The number of aliphatic carboxylic acids is 1. The molecule has 0 aliphatic heterocycles. The first-order chi connectivity index (χ1) is 7.08. The van der Waals surface area contributed by atoms with E-state index in [2.05, 4.69) is 0 Å². The summed E-state index contributed by atoms with van der Waals surface area (Å²) in [5.41, 5.74) is 0. The first-order valence-corrected chi connectivity index (χ1v) is 5.54. The monoisotopic (exact) mass is 211 g/mol. The summed E-state index contributed by atoms with van der Waals surface area (Å²) in [6.45, 7) is 0.333. The van der Waals surface area contributed by atoms with Gasteiger partial charge in [0.15, 0.2) is 0 Å². The van der Waals surface area contributed by atoms with Crippen molar-refractivity contribution in [2.75, 3.05) is 13.6 Å². The van der Waals surface area contributed by atoms with Gasteiger partial charge in [0.1, 0.15) is 0 Å². The van der Waals surface area contributed by atoms with Gasteiger partial charge in [-0.2, -0.15) is 0 Å². The number of rotatable bonds is 4. The Labute approximate surface area is 89.3 Å². The molecule has 0 aromatic rings. The normalized spacial score (nSPS) is 32.2. The summed E-state index contributed by atoms with van der Waals surface area (Å²) in [6.07, 6.45) is 3.41. The van der Waals surface area contributed by atoms with Crippen LogP contribution in [0.3, 0.4) is 0 Å². The summed E-state index contributed by atoms with van der Waals surface area (Å²) in [6, 6.07) is 0. The number of carboxylic acid groups (broad SMARTS) is 1. The lowest BCUT2D eigenvalue weighted by Crippen LogP contribution is -2.34. The topological polar surface area (TPSA) is 57.6 Å². The third-order valence-electron chi connectivity index (χ3n) is 3.63. The predicted molar refractivity (Wildman–Crippen MR) is 54.2 cm³/mol. The van der Waals surface area contributed by atoms with E-state index in [9.17, 15) is 9.59 Å². The molecule has 4 heteroatoms. The minimum absolute atomic E-state index is 0.0435. The van der Waals surface area contributed by atoms with Gasteiger partial charge < -0.3 is 10.0 Å². The molecule has 84 valence electrons. The van der Waals surface area contributed by atoms with Crippen LogP contribution in [0.25, 0.3) is 0 Å². The zero-order chi connectivity index (χ0) is 11.0. The van der Waals surface area contributed by atoms with Gasteiger partial charge in [0.2, 0.25) is 5.91 Å². The van der Waals surface area contributed by atoms with Crippen molar-refractivity contribution in [2.45, 2.75) is 25.7 Å². The molecule has 2 fully saturated rings. The minimum atomic E-state index is -0.844. The van der Waals surface area contributed by atoms with Crippen LogP contribution in [0.2, 0.25) is 0 Å². The number of carbonyl (C=O) groups is 2. The van der Waals surface area contributed by atoms with Crippen molar-refractivity contribution >= 4 is 11.9 Å². The molecule has 0 spiro atoms. The Bertz CT molecular complexity index is 280. The summed E-state index contributed by atoms with van der Waals surface area (Å²) in [5.74, 6) is 1.07. The SMILES string of the molecule is CN(CCC(=O)O)C(=O)C1CC2CC2C1. The molecule has 2 rings (SSSR count). The van der Waals surface area contributed by atoms with Gasteiger partial charge in [-0.15, -0.1) is 0 Å². The Morgan fingerprint density at radius 3 is 2.40 bits per heavy atom. The maximum atomic E-state index is 11.9. The van der Waals surface area contributed by atoms with Crippen LogP contribution in [0, 0.1) is 17.8 Å². The highest BCUT2D eigenvalue weighted by Gasteiger charge is 2.48. The van der Waals surface area contributed by atoms with Crippen molar-refractivity contribution in [3.8, 4) is 0 Å². The van der Waals surface area contributed by atoms with Gasteiger partial charge in [-0.05, 0) is 31.1 Å². The van der Waals surface area contributed by atoms with Gasteiger partial charge in [-0.25, -0.2) is 0 Å². The second kappa shape index (κ2) is 3.83. The Hall–Kier alpha value is -1.06. The second-order valence-corrected chi connectivity index (χ2v) is 4.83. The van der Waals surface area contributed by atoms with Crippen molar-refractivity contribution in [3.05, 3.63) is 0 Å². The largest absolute Gasteiger partial charge is 0.481 e. The molecule has 1 amide bonds. The number of carboxylic acids is 1. The fourth-order valence-corrected chi connectivity index (χ4v) is 2.60. The smallest absolute Gasteiger partial charge is 0.305 e. The lowest BCUT2D eigenvalue weighted by Gasteiger charge is -2.21. The van der Waals surface area contributed by atoms with E-state index in [-0.39, 0.29) is 18.2 Å². The fraction of sp³-hybridized carbons (Fsp3) is 0.818. The number of amides is 1. The molecule has 4 nitrogen and oxygen atoms in total. The molecule has 0 bridgehead atoms. The van der Waals surface area contributed by atoms with E-state index in [1.54, 1.807) is 11.9 Å². The summed E-state index contributed by atoms with van der Waals surface area (Å²) < 4.78 is 0. The maximum Gasteiger partial charge on any atom is 0.305 e. The van der Waals surface area contributed by atoms with Crippen LogP contribution in [0.1, 0.15) is 25.7 Å². The maximum absolute atomic E-state index is 11.9. The second-order valence-electron chi connectivity index (χ2n) is 4.83. The van der Waals surface area contributed by atoms with Gasteiger partial charge >= 0.3 is 5.97 Å². The average Bonchev–Trinajstić information content (AvgIpc) is 2.81. The zero-order valence-corrected chi connectivity index (χ0v) is 8.98. The van der Waals surface area contributed by atoms with E-state index in [0.29, 0.717) is 6.54 Å². The van der Waals surface area contributed by atoms with Crippen molar-refractivity contribution in [1.29, 1.82) is 0 Å². The molecule has 0 saturated heterocycles. The van der Waals surface area contributed by atoms with E-state index in [1.807, 2.05) is 0 Å². The van der Waals surface area contributed by atoms with Crippen LogP contribution in [-0.4, -0.2) is 35.5 Å². The highest BCUT2D eigenvalue weighted by atomic mass is 16.4. The molecule has 2 aliphatic rings. The van der Waals surface area contributed by atoms with Crippen LogP contribution in [0.4, 0.5) is 0 Å². The quantitative estimate of drug-likeness (QED) is 0.753. The molecule has 0 radical (unpaired) electrons. The van der Waals surface area contributed by atoms with Crippen LogP contribution in [0.15, 0.2) is 0 Å². The molecular weight excluding hydrogens is 194 g/mol. The van der Waals surface area contributed by atoms with Gasteiger partial charge in [0.25, 0.3) is 0 Å². The first kappa shape index (κ1) is 10.5. The Morgan fingerprint density at radius 1 is 1.27 bits per heavy atom.